The fraction of sp³-hybridized carbons (Fsp3) is 0.200. The first kappa shape index (κ1) is 17.2. The number of carbonyl (C=O) groups excluding carboxylic acids is 1. The van der Waals surface area contributed by atoms with Crippen molar-refractivity contribution >= 4 is 28.3 Å². The number of esters is 1. The standard InChI is InChI=1S/C20H18ClNO3/c1-2-3-12-25-20(24)17-18(23)16-14(13-8-5-4-6-9-13)10-7-11-15(16)19(21)22-17/h4-11,23H,2-3,12H2,1H3. The normalized spacial score (nSPS) is 10.8. The third kappa shape index (κ3) is 3.44. The summed E-state index contributed by atoms with van der Waals surface area (Å²) in [6.07, 6.45) is 1.66. The van der Waals surface area contributed by atoms with E-state index in [1.165, 1.54) is 0 Å². The smallest absolute Gasteiger partial charge is 0.360 e. The van der Waals surface area contributed by atoms with Gasteiger partial charge in [0, 0.05) is 10.8 Å². The minimum absolute atomic E-state index is 0.156. The van der Waals surface area contributed by atoms with Crippen molar-refractivity contribution < 1.29 is 14.6 Å². The fourth-order valence-corrected chi connectivity index (χ4v) is 2.93. The van der Waals surface area contributed by atoms with E-state index < -0.39 is 5.97 Å². The van der Waals surface area contributed by atoms with Crippen molar-refractivity contribution in [2.24, 2.45) is 0 Å². The number of aromatic hydroxyl groups is 1. The van der Waals surface area contributed by atoms with Gasteiger partial charge in [0.2, 0.25) is 0 Å². The Morgan fingerprint density at radius 1 is 1.16 bits per heavy atom. The predicted octanol–water partition coefficient (Wildman–Crippen LogP) is 5.22. The Hall–Kier alpha value is -2.59. The molecule has 0 radical (unpaired) electrons. The summed E-state index contributed by atoms with van der Waals surface area (Å²) in [7, 11) is 0. The van der Waals surface area contributed by atoms with E-state index in [-0.39, 0.29) is 23.2 Å². The van der Waals surface area contributed by atoms with Gasteiger partial charge in [-0.25, -0.2) is 9.78 Å². The van der Waals surface area contributed by atoms with Crippen LogP contribution in [0.1, 0.15) is 30.3 Å². The first-order valence-electron chi connectivity index (χ1n) is 8.17. The van der Waals surface area contributed by atoms with Crippen LogP contribution in [0.4, 0.5) is 0 Å². The van der Waals surface area contributed by atoms with E-state index in [0.717, 1.165) is 24.0 Å². The number of nitrogens with zero attached hydrogens (tertiary/aromatic N) is 1. The average molecular weight is 356 g/mol. The van der Waals surface area contributed by atoms with Crippen molar-refractivity contribution in [1.29, 1.82) is 0 Å². The highest BCUT2D eigenvalue weighted by atomic mass is 35.5. The van der Waals surface area contributed by atoms with Crippen LogP contribution >= 0.6 is 11.6 Å². The summed E-state index contributed by atoms with van der Waals surface area (Å²) >= 11 is 6.27. The van der Waals surface area contributed by atoms with Crippen LogP contribution in [0.15, 0.2) is 48.5 Å². The Balaban J connectivity index is 2.16. The Kier molecular flexibility index (Phi) is 5.19. The van der Waals surface area contributed by atoms with Crippen LogP contribution in [0.5, 0.6) is 5.75 Å². The minimum Gasteiger partial charge on any atom is -0.505 e. The van der Waals surface area contributed by atoms with E-state index >= 15 is 0 Å². The molecule has 1 N–H and O–H groups in total. The van der Waals surface area contributed by atoms with E-state index in [4.69, 9.17) is 16.3 Å². The fourth-order valence-electron chi connectivity index (χ4n) is 2.69. The second-order valence-corrected chi connectivity index (χ2v) is 6.04. The molecule has 0 aliphatic rings. The quantitative estimate of drug-likeness (QED) is 0.387. The number of halogens is 1. The molecule has 0 aliphatic carbocycles. The number of rotatable bonds is 5. The van der Waals surface area contributed by atoms with Crippen molar-refractivity contribution in [2.75, 3.05) is 6.61 Å². The van der Waals surface area contributed by atoms with Gasteiger partial charge in [-0.05, 0) is 17.5 Å². The van der Waals surface area contributed by atoms with Crippen molar-refractivity contribution in [3.63, 3.8) is 0 Å². The first-order chi connectivity index (χ1) is 12.1. The Bertz CT molecular complexity index is 910. The van der Waals surface area contributed by atoms with Gasteiger partial charge in [0.1, 0.15) is 5.15 Å². The predicted molar refractivity (Wildman–Crippen MR) is 99.0 cm³/mol. The lowest BCUT2D eigenvalue weighted by Gasteiger charge is -2.12. The number of carbonyl (C=O) groups is 1. The molecule has 3 aromatic rings. The van der Waals surface area contributed by atoms with Crippen LogP contribution in [0, 0.1) is 0 Å². The molecule has 0 atom stereocenters. The summed E-state index contributed by atoms with van der Waals surface area (Å²) in [4.78, 5) is 16.3. The summed E-state index contributed by atoms with van der Waals surface area (Å²) in [5.74, 6) is -0.877. The van der Waals surface area contributed by atoms with Gasteiger partial charge >= 0.3 is 5.97 Å². The van der Waals surface area contributed by atoms with Gasteiger partial charge in [-0.2, -0.15) is 0 Å². The maximum Gasteiger partial charge on any atom is 0.360 e. The van der Waals surface area contributed by atoms with Gasteiger partial charge in [0.25, 0.3) is 0 Å². The summed E-state index contributed by atoms with van der Waals surface area (Å²) in [5.41, 5.74) is 1.54. The van der Waals surface area contributed by atoms with Gasteiger partial charge in [-0.1, -0.05) is 73.5 Å². The molecule has 0 spiro atoms. The third-order valence-electron chi connectivity index (χ3n) is 3.97. The minimum atomic E-state index is -0.669. The molecular weight excluding hydrogens is 338 g/mol. The number of hydrogen-bond acceptors (Lipinski definition) is 4. The second kappa shape index (κ2) is 7.53. The topological polar surface area (TPSA) is 59.4 Å². The van der Waals surface area contributed by atoms with Crippen molar-refractivity contribution in [1.82, 2.24) is 4.98 Å². The number of unbranched alkanes of at least 4 members (excludes halogenated alkanes) is 1. The zero-order valence-corrected chi connectivity index (χ0v) is 14.6. The summed E-state index contributed by atoms with van der Waals surface area (Å²) < 4.78 is 5.18. The number of aromatic nitrogens is 1. The van der Waals surface area contributed by atoms with E-state index in [0.29, 0.717) is 10.8 Å². The van der Waals surface area contributed by atoms with Gasteiger partial charge < -0.3 is 9.84 Å². The lowest BCUT2D eigenvalue weighted by atomic mass is 9.98. The first-order valence-corrected chi connectivity index (χ1v) is 8.55. The zero-order chi connectivity index (χ0) is 17.8. The number of ether oxygens (including phenoxy) is 1. The molecule has 128 valence electrons. The summed E-state index contributed by atoms with van der Waals surface area (Å²) in [6, 6.07) is 15.1. The van der Waals surface area contributed by atoms with Crippen LogP contribution in [0.3, 0.4) is 0 Å². The van der Waals surface area contributed by atoms with Crippen LogP contribution in [0.2, 0.25) is 5.15 Å². The maximum atomic E-state index is 12.3. The largest absolute Gasteiger partial charge is 0.505 e. The lowest BCUT2D eigenvalue weighted by molar-refractivity contribution is 0.0489. The highest BCUT2D eigenvalue weighted by Gasteiger charge is 2.22. The monoisotopic (exact) mass is 355 g/mol. The molecular formula is C20H18ClNO3. The van der Waals surface area contributed by atoms with Crippen LogP contribution in [-0.4, -0.2) is 22.7 Å². The SMILES string of the molecule is CCCCOC(=O)c1nc(Cl)c2cccc(-c3ccccc3)c2c1O. The molecule has 0 saturated heterocycles. The molecule has 2 aromatic carbocycles. The lowest BCUT2D eigenvalue weighted by Crippen LogP contribution is -2.09. The molecule has 0 fully saturated rings. The molecule has 4 nitrogen and oxygen atoms in total. The maximum absolute atomic E-state index is 12.3. The van der Waals surface area contributed by atoms with Gasteiger partial charge in [0.15, 0.2) is 11.4 Å². The molecule has 0 bridgehead atoms. The Morgan fingerprint density at radius 3 is 2.64 bits per heavy atom. The molecule has 3 rings (SSSR count). The van der Waals surface area contributed by atoms with E-state index in [1.54, 1.807) is 6.07 Å². The Labute approximate surface area is 151 Å². The Morgan fingerprint density at radius 2 is 1.92 bits per heavy atom. The van der Waals surface area contributed by atoms with Crippen LogP contribution in [-0.2, 0) is 4.74 Å². The second-order valence-electron chi connectivity index (χ2n) is 5.68. The molecule has 0 saturated carbocycles. The number of pyridine rings is 1. The molecule has 0 aliphatic heterocycles. The molecule has 5 heteroatoms. The van der Waals surface area contributed by atoms with E-state index in [9.17, 15) is 9.90 Å². The third-order valence-corrected chi connectivity index (χ3v) is 4.26. The van der Waals surface area contributed by atoms with Gasteiger partial charge in [0.05, 0.1) is 6.61 Å². The van der Waals surface area contributed by atoms with Crippen molar-refractivity contribution in [2.45, 2.75) is 19.8 Å². The highest BCUT2D eigenvalue weighted by Crippen LogP contribution is 2.39. The zero-order valence-electron chi connectivity index (χ0n) is 13.8. The van der Waals surface area contributed by atoms with Crippen LogP contribution in [0.25, 0.3) is 21.9 Å². The van der Waals surface area contributed by atoms with Crippen LogP contribution < -0.4 is 0 Å². The number of hydrogen-bond donors (Lipinski definition) is 1. The summed E-state index contributed by atoms with van der Waals surface area (Å²) in [5, 5.41) is 12.0. The summed E-state index contributed by atoms with van der Waals surface area (Å²) in [6.45, 7) is 2.29. The van der Waals surface area contributed by atoms with Crippen molar-refractivity contribution in [3.05, 3.63) is 59.4 Å². The van der Waals surface area contributed by atoms with Gasteiger partial charge in [-0.3, -0.25) is 0 Å². The number of benzene rings is 2. The molecule has 0 unspecified atom stereocenters. The molecule has 25 heavy (non-hydrogen) atoms. The molecule has 1 heterocycles. The van der Waals surface area contributed by atoms with E-state index in [2.05, 4.69) is 4.98 Å². The highest BCUT2D eigenvalue weighted by molar-refractivity contribution is 6.35. The number of fused-ring (bicyclic) bond motifs is 1. The average Bonchev–Trinajstić information content (AvgIpc) is 2.65. The van der Waals surface area contributed by atoms with Crippen molar-refractivity contribution in [3.8, 4) is 16.9 Å². The molecule has 0 amide bonds. The molecule has 1 aromatic heterocycles. The van der Waals surface area contributed by atoms with E-state index in [1.807, 2.05) is 49.4 Å². The van der Waals surface area contributed by atoms with Gasteiger partial charge in [-0.15, -0.1) is 0 Å².